The number of aromatic nitrogens is 2. The lowest BCUT2D eigenvalue weighted by atomic mass is 10.2. The molecule has 0 unspecified atom stereocenters. The number of nitrogens with one attached hydrogen (secondary N) is 1. The van der Waals surface area contributed by atoms with Crippen molar-refractivity contribution in [3.05, 3.63) is 36.0 Å². The minimum Gasteiger partial charge on any atom is -0.378 e. The van der Waals surface area contributed by atoms with Crippen LogP contribution < -0.4 is 10.2 Å². The Hall–Kier alpha value is -2.32. The number of amides is 2. The van der Waals surface area contributed by atoms with Crippen molar-refractivity contribution in [1.29, 1.82) is 0 Å². The van der Waals surface area contributed by atoms with Gasteiger partial charge in [-0.3, -0.25) is 0 Å². The number of urea groups is 1. The zero-order valence-electron chi connectivity index (χ0n) is 16.6. The smallest absolute Gasteiger partial charge is 0.321 e. The summed E-state index contributed by atoms with van der Waals surface area (Å²) in [6.45, 7) is 5.71. The van der Waals surface area contributed by atoms with Gasteiger partial charge in [0.15, 0.2) is 5.82 Å². The lowest BCUT2D eigenvalue weighted by Crippen LogP contribution is -2.37. The summed E-state index contributed by atoms with van der Waals surface area (Å²) in [6.07, 6.45) is 2.07. The third-order valence-corrected chi connectivity index (χ3v) is 5.19. The standard InChI is InChI=1S/C20H27N5O2S/c1-4-24(2)20(26)22-16-7-5-15(6-8-16)19-21-17(14-28-3)13-18(23-19)25-9-11-27-12-10-25/h5-8,13H,4,9-12,14H2,1-3H3,(H,22,26). The fraction of sp³-hybridized carbons (Fsp3) is 0.450. The summed E-state index contributed by atoms with van der Waals surface area (Å²) in [5.41, 5.74) is 2.70. The van der Waals surface area contributed by atoms with Gasteiger partial charge in [0.2, 0.25) is 0 Å². The summed E-state index contributed by atoms with van der Waals surface area (Å²) in [4.78, 5) is 25.4. The van der Waals surface area contributed by atoms with Crippen molar-refractivity contribution in [3.8, 4) is 11.4 Å². The number of carbonyl (C=O) groups excluding carboxylic acids is 1. The lowest BCUT2D eigenvalue weighted by Gasteiger charge is -2.28. The summed E-state index contributed by atoms with van der Waals surface area (Å²) in [6, 6.07) is 9.61. The van der Waals surface area contributed by atoms with Crippen molar-refractivity contribution in [2.24, 2.45) is 0 Å². The largest absolute Gasteiger partial charge is 0.378 e. The van der Waals surface area contributed by atoms with Crippen LogP contribution in [-0.4, -0.2) is 67.1 Å². The second-order valence-corrected chi connectivity index (χ2v) is 7.46. The second-order valence-electron chi connectivity index (χ2n) is 6.60. The highest BCUT2D eigenvalue weighted by Gasteiger charge is 2.16. The second kappa shape index (κ2) is 9.75. The Morgan fingerprint density at radius 2 is 1.96 bits per heavy atom. The number of carbonyl (C=O) groups is 1. The average molecular weight is 402 g/mol. The van der Waals surface area contributed by atoms with E-state index in [-0.39, 0.29) is 6.03 Å². The summed E-state index contributed by atoms with van der Waals surface area (Å²) in [7, 11) is 1.77. The molecule has 1 N–H and O–H groups in total. The van der Waals surface area contributed by atoms with Gasteiger partial charge in [-0.1, -0.05) is 0 Å². The van der Waals surface area contributed by atoms with E-state index in [4.69, 9.17) is 14.7 Å². The van der Waals surface area contributed by atoms with Gasteiger partial charge >= 0.3 is 6.03 Å². The molecule has 28 heavy (non-hydrogen) atoms. The maximum absolute atomic E-state index is 12.0. The number of hydrogen-bond acceptors (Lipinski definition) is 6. The van der Waals surface area contributed by atoms with E-state index < -0.39 is 0 Å². The molecule has 1 aromatic carbocycles. The molecule has 0 saturated carbocycles. The molecule has 1 aliphatic heterocycles. The van der Waals surface area contributed by atoms with E-state index >= 15 is 0 Å². The van der Waals surface area contributed by atoms with Gasteiger partial charge in [-0.05, 0) is 37.4 Å². The van der Waals surface area contributed by atoms with Gasteiger partial charge in [-0.2, -0.15) is 11.8 Å². The number of nitrogens with zero attached hydrogens (tertiary/aromatic N) is 4. The van der Waals surface area contributed by atoms with Crippen LogP contribution in [0.3, 0.4) is 0 Å². The van der Waals surface area contributed by atoms with Crippen LogP contribution in [0.15, 0.2) is 30.3 Å². The Labute approximate surface area is 170 Å². The normalized spacial score (nSPS) is 14.0. The van der Waals surface area contributed by atoms with Crippen LogP contribution in [0, 0.1) is 0 Å². The van der Waals surface area contributed by atoms with Crippen molar-refractivity contribution in [1.82, 2.24) is 14.9 Å². The molecule has 3 rings (SSSR count). The highest BCUT2D eigenvalue weighted by Crippen LogP contribution is 2.24. The first kappa shape index (κ1) is 20.4. The van der Waals surface area contributed by atoms with E-state index in [1.54, 1.807) is 23.7 Å². The van der Waals surface area contributed by atoms with E-state index in [9.17, 15) is 4.79 Å². The summed E-state index contributed by atoms with van der Waals surface area (Å²) in [5.74, 6) is 2.49. The number of ether oxygens (including phenoxy) is 1. The molecule has 2 heterocycles. The van der Waals surface area contributed by atoms with Crippen LogP contribution in [0.5, 0.6) is 0 Å². The predicted molar refractivity (Wildman–Crippen MR) is 115 cm³/mol. The summed E-state index contributed by atoms with van der Waals surface area (Å²) >= 11 is 1.74. The molecule has 1 aliphatic rings. The van der Waals surface area contributed by atoms with Crippen LogP contribution in [0.2, 0.25) is 0 Å². The third kappa shape index (κ3) is 5.14. The van der Waals surface area contributed by atoms with Gasteiger partial charge in [0.05, 0.1) is 18.9 Å². The van der Waals surface area contributed by atoms with Gasteiger partial charge in [-0.25, -0.2) is 14.8 Å². The Kier molecular flexibility index (Phi) is 7.11. The van der Waals surface area contributed by atoms with Gasteiger partial charge in [-0.15, -0.1) is 0 Å². The zero-order chi connectivity index (χ0) is 19.9. The van der Waals surface area contributed by atoms with Crippen LogP contribution in [0.1, 0.15) is 12.6 Å². The first-order valence-electron chi connectivity index (χ1n) is 9.43. The fourth-order valence-corrected chi connectivity index (χ4v) is 3.30. The molecule has 1 aromatic heterocycles. The van der Waals surface area contributed by atoms with Gasteiger partial charge in [0, 0.05) is 49.8 Å². The molecule has 0 aliphatic carbocycles. The number of morpholine rings is 1. The maximum atomic E-state index is 12.0. The molecule has 150 valence electrons. The Bertz CT molecular complexity index is 794. The number of benzene rings is 1. The number of thioether (sulfide) groups is 1. The lowest BCUT2D eigenvalue weighted by molar-refractivity contribution is 0.122. The van der Waals surface area contributed by atoms with Crippen molar-refractivity contribution in [3.63, 3.8) is 0 Å². The first-order chi connectivity index (χ1) is 13.6. The van der Waals surface area contributed by atoms with E-state index in [1.807, 2.05) is 31.2 Å². The van der Waals surface area contributed by atoms with Gasteiger partial charge in [0.25, 0.3) is 0 Å². The molecule has 1 fully saturated rings. The van der Waals surface area contributed by atoms with E-state index in [1.165, 1.54) is 0 Å². The summed E-state index contributed by atoms with van der Waals surface area (Å²) in [5, 5.41) is 2.89. The molecule has 0 atom stereocenters. The van der Waals surface area contributed by atoms with E-state index in [0.29, 0.717) is 12.4 Å². The first-order valence-corrected chi connectivity index (χ1v) is 10.8. The van der Waals surface area contributed by atoms with Crippen molar-refractivity contribution < 1.29 is 9.53 Å². The van der Waals surface area contributed by atoms with Crippen LogP contribution in [0.25, 0.3) is 11.4 Å². The molecule has 0 radical (unpaired) electrons. The molecule has 1 saturated heterocycles. The quantitative estimate of drug-likeness (QED) is 0.801. The van der Waals surface area contributed by atoms with Crippen molar-refractivity contribution >= 4 is 29.3 Å². The third-order valence-electron chi connectivity index (χ3n) is 4.61. The van der Waals surface area contributed by atoms with Gasteiger partial charge < -0.3 is 19.9 Å². The number of rotatable bonds is 6. The SMILES string of the molecule is CCN(C)C(=O)Nc1ccc(-c2nc(CSC)cc(N3CCOCC3)n2)cc1. The predicted octanol–water partition coefficient (Wildman–Crippen LogP) is 3.33. The van der Waals surface area contributed by atoms with Crippen molar-refractivity contribution in [2.45, 2.75) is 12.7 Å². The Morgan fingerprint density at radius 3 is 2.61 bits per heavy atom. The van der Waals surface area contributed by atoms with E-state index in [0.717, 1.165) is 54.8 Å². The number of hydrogen-bond donors (Lipinski definition) is 1. The summed E-state index contributed by atoms with van der Waals surface area (Å²) < 4.78 is 5.46. The molecule has 7 nitrogen and oxygen atoms in total. The average Bonchev–Trinajstić information content (AvgIpc) is 2.74. The molecule has 8 heteroatoms. The maximum Gasteiger partial charge on any atom is 0.321 e. The molecular weight excluding hydrogens is 374 g/mol. The van der Waals surface area contributed by atoms with Crippen LogP contribution >= 0.6 is 11.8 Å². The molecule has 0 spiro atoms. The minimum absolute atomic E-state index is 0.122. The highest BCUT2D eigenvalue weighted by molar-refractivity contribution is 7.97. The number of anilines is 2. The Morgan fingerprint density at radius 1 is 1.25 bits per heavy atom. The zero-order valence-corrected chi connectivity index (χ0v) is 17.5. The fourth-order valence-electron chi connectivity index (χ4n) is 2.85. The van der Waals surface area contributed by atoms with Gasteiger partial charge in [0.1, 0.15) is 5.82 Å². The molecular formula is C20H27N5O2S. The molecule has 0 bridgehead atoms. The monoisotopic (exact) mass is 401 g/mol. The van der Waals surface area contributed by atoms with Crippen LogP contribution in [0.4, 0.5) is 16.3 Å². The topological polar surface area (TPSA) is 70.6 Å². The highest BCUT2D eigenvalue weighted by atomic mass is 32.2. The van der Waals surface area contributed by atoms with E-state index in [2.05, 4.69) is 22.5 Å². The molecule has 2 amide bonds. The van der Waals surface area contributed by atoms with Crippen LogP contribution in [-0.2, 0) is 10.5 Å². The minimum atomic E-state index is -0.122. The Balaban J connectivity index is 1.83. The van der Waals surface area contributed by atoms with Crippen molar-refractivity contribution in [2.75, 3.05) is 56.4 Å². The molecule has 2 aromatic rings.